The molecule has 1 atom stereocenters. The Morgan fingerprint density at radius 2 is 1.85 bits per heavy atom. The number of aliphatic hydroxyl groups is 1. The molecule has 1 aromatic carbocycles. The third-order valence-electron chi connectivity index (χ3n) is 3.77. The first kappa shape index (κ1) is 12.9. The Morgan fingerprint density at radius 1 is 1.10 bits per heavy atom. The molecule has 0 fully saturated rings. The molecule has 104 valence electrons. The molecule has 0 radical (unpaired) electrons. The number of anilines is 3. The highest BCUT2D eigenvalue weighted by Crippen LogP contribution is 2.38. The van der Waals surface area contributed by atoms with E-state index in [2.05, 4.69) is 34.0 Å². The van der Waals surface area contributed by atoms with Gasteiger partial charge in [-0.25, -0.2) is 4.98 Å². The topological polar surface area (TPSA) is 39.6 Å². The summed E-state index contributed by atoms with van der Waals surface area (Å²) in [5.74, 6) is 0.850. The van der Waals surface area contributed by atoms with Crippen molar-refractivity contribution < 1.29 is 5.11 Å². The predicted molar refractivity (Wildman–Crippen MR) is 81.6 cm³/mol. The summed E-state index contributed by atoms with van der Waals surface area (Å²) in [5.41, 5.74) is 3.20. The van der Waals surface area contributed by atoms with E-state index in [-0.39, 0.29) is 0 Å². The zero-order valence-electron chi connectivity index (χ0n) is 11.8. The van der Waals surface area contributed by atoms with Crippen LogP contribution in [0.2, 0.25) is 0 Å². The van der Waals surface area contributed by atoms with Crippen molar-refractivity contribution in [1.29, 1.82) is 0 Å². The van der Waals surface area contributed by atoms with E-state index in [1.54, 1.807) is 13.1 Å². The summed E-state index contributed by atoms with van der Waals surface area (Å²) >= 11 is 0. The van der Waals surface area contributed by atoms with E-state index in [1.807, 2.05) is 24.3 Å². The van der Waals surface area contributed by atoms with Gasteiger partial charge in [0.25, 0.3) is 0 Å². The van der Waals surface area contributed by atoms with Crippen LogP contribution in [0.4, 0.5) is 17.2 Å². The van der Waals surface area contributed by atoms with Crippen molar-refractivity contribution in [1.82, 2.24) is 4.98 Å². The number of aliphatic hydroxyl groups excluding tert-OH is 1. The van der Waals surface area contributed by atoms with Crippen LogP contribution >= 0.6 is 0 Å². The lowest BCUT2D eigenvalue weighted by molar-refractivity contribution is 0.199. The van der Waals surface area contributed by atoms with Gasteiger partial charge in [-0.15, -0.1) is 0 Å². The lowest BCUT2D eigenvalue weighted by atomic mass is 10.1. The molecule has 0 saturated carbocycles. The molecule has 0 aliphatic carbocycles. The molecule has 0 bridgehead atoms. The van der Waals surface area contributed by atoms with Gasteiger partial charge < -0.3 is 14.9 Å². The molecule has 2 heterocycles. The Balaban J connectivity index is 2.11. The lowest BCUT2D eigenvalue weighted by Crippen LogP contribution is -2.37. The zero-order valence-corrected chi connectivity index (χ0v) is 11.8. The van der Waals surface area contributed by atoms with E-state index in [0.717, 1.165) is 30.2 Å². The van der Waals surface area contributed by atoms with Crippen molar-refractivity contribution in [2.24, 2.45) is 0 Å². The largest absolute Gasteiger partial charge is 0.389 e. The van der Waals surface area contributed by atoms with Crippen LogP contribution in [-0.2, 0) is 0 Å². The summed E-state index contributed by atoms with van der Waals surface area (Å²) < 4.78 is 0. The average Bonchev–Trinajstić information content (AvgIpc) is 2.48. The SMILES string of the molecule is CC(O)c1cccnc1N1CCN(C)c2ccccc21. The van der Waals surface area contributed by atoms with E-state index in [1.165, 1.54) is 5.69 Å². The van der Waals surface area contributed by atoms with Gasteiger partial charge in [0.1, 0.15) is 5.82 Å². The number of benzene rings is 1. The highest BCUT2D eigenvalue weighted by atomic mass is 16.3. The Kier molecular flexibility index (Phi) is 3.32. The third kappa shape index (κ3) is 2.12. The first-order chi connectivity index (χ1) is 9.68. The van der Waals surface area contributed by atoms with Gasteiger partial charge >= 0.3 is 0 Å². The average molecular weight is 269 g/mol. The Hall–Kier alpha value is -2.07. The van der Waals surface area contributed by atoms with Crippen LogP contribution in [0.3, 0.4) is 0 Å². The Bertz CT molecular complexity index is 612. The van der Waals surface area contributed by atoms with Gasteiger partial charge in [0, 0.05) is 31.9 Å². The molecule has 20 heavy (non-hydrogen) atoms. The fourth-order valence-corrected chi connectivity index (χ4v) is 2.69. The van der Waals surface area contributed by atoms with E-state index in [4.69, 9.17) is 0 Å². The minimum Gasteiger partial charge on any atom is -0.389 e. The molecule has 1 N–H and O–H groups in total. The highest BCUT2D eigenvalue weighted by molar-refractivity contribution is 5.79. The molecule has 0 saturated heterocycles. The van der Waals surface area contributed by atoms with Crippen molar-refractivity contribution in [3.63, 3.8) is 0 Å². The third-order valence-corrected chi connectivity index (χ3v) is 3.77. The van der Waals surface area contributed by atoms with Crippen molar-refractivity contribution in [3.05, 3.63) is 48.2 Å². The second kappa shape index (κ2) is 5.13. The summed E-state index contributed by atoms with van der Waals surface area (Å²) in [7, 11) is 2.10. The molecule has 0 spiro atoms. The van der Waals surface area contributed by atoms with Crippen LogP contribution in [0.5, 0.6) is 0 Å². The number of hydrogen-bond acceptors (Lipinski definition) is 4. The minimum atomic E-state index is -0.523. The highest BCUT2D eigenvalue weighted by Gasteiger charge is 2.24. The molecule has 0 amide bonds. The maximum atomic E-state index is 9.96. The zero-order chi connectivity index (χ0) is 14.1. The number of nitrogens with zero attached hydrogens (tertiary/aromatic N) is 3. The molecule has 1 aliphatic rings. The summed E-state index contributed by atoms with van der Waals surface area (Å²) in [5, 5.41) is 9.96. The van der Waals surface area contributed by atoms with E-state index < -0.39 is 6.10 Å². The molecule has 2 aromatic rings. The van der Waals surface area contributed by atoms with E-state index in [9.17, 15) is 5.11 Å². The van der Waals surface area contributed by atoms with Crippen LogP contribution < -0.4 is 9.80 Å². The summed E-state index contributed by atoms with van der Waals surface area (Å²) in [6.07, 6.45) is 1.26. The molecular weight excluding hydrogens is 250 g/mol. The molecule has 1 aliphatic heterocycles. The normalized spacial score (nSPS) is 15.9. The van der Waals surface area contributed by atoms with Crippen molar-refractivity contribution in [3.8, 4) is 0 Å². The summed E-state index contributed by atoms with van der Waals surface area (Å²) in [4.78, 5) is 8.93. The number of rotatable bonds is 2. The fourth-order valence-electron chi connectivity index (χ4n) is 2.69. The van der Waals surface area contributed by atoms with E-state index in [0.29, 0.717) is 0 Å². The molecule has 1 aromatic heterocycles. The molecule has 3 rings (SSSR count). The molecular formula is C16H19N3O. The predicted octanol–water partition coefficient (Wildman–Crippen LogP) is 2.72. The number of hydrogen-bond donors (Lipinski definition) is 1. The first-order valence-electron chi connectivity index (χ1n) is 6.89. The fraction of sp³-hybridized carbons (Fsp3) is 0.312. The van der Waals surface area contributed by atoms with Crippen LogP contribution in [0, 0.1) is 0 Å². The van der Waals surface area contributed by atoms with Crippen molar-refractivity contribution in [2.75, 3.05) is 29.9 Å². The number of para-hydroxylation sites is 2. The van der Waals surface area contributed by atoms with Gasteiger partial charge in [-0.3, -0.25) is 0 Å². The minimum absolute atomic E-state index is 0.523. The number of likely N-dealkylation sites (N-methyl/N-ethyl adjacent to an activating group) is 1. The molecule has 4 heteroatoms. The number of pyridine rings is 1. The van der Waals surface area contributed by atoms with Crippen molar-refractivity contribution in [2.45, 2.75) is 13.0 Å². The molecule has 4 nitrogen and oxygen atoms in total. The van der Waals surface area contributed by atoms with Crippen LogP contribution in [-0.4, -0.2) is 30.2 Å². The Labute approximate surface area is 119 Å². The second-order valence-corrected chi connectivity index (χ2v) is 5.15. The van der Waals surface area contributed by atoms with Crippen molar-refractivity contribution >= 4 is 17.2 Å². The quantitative estimate of drug-likeness (QED) is 0.910. The van der Waals surface area contributed by atoms with Crippen LogP contribution in [0.1, 0.15) is 18.6 Å². The van der Waals surface area contributed by atoms with Gasteiger partial charge in [-0.05, 0) is 25.1 Å². The van der Waals surface area contributed by atoms with Gasteiger partial charge in [-0.2, -0.15) is 0 Å². The maximum Gasteiger partial charge on any atom is 0.138 e. The number of aromatic nitrogens is 1. The maximum absolute atomic E-state index is 9.96. The lowest BCUT2D eigenvalue weighted by Gasteiger charge is -2.37. The smallest absolute Gasteiger partial charge is 0.138 e. The molecule has 1 unspecified atom stereocenters. The Morgan fingerprint density at radius 3 is 2.60 bits per heavy atom. The summed E-state index contributed by atoms with van der Waals surface area (Å²) in [6, 6.07) is 12.1. The monoisotopic (exact) mass is 269 g/mol. The summed E-state index contributed by atoms with van der Waals surface area (Å²) in [6.45, 7) is 3.58. The van der Waals surface area contributed by atoms with Gasteiger partial charge in [0.15, 0.2) is 0 Å². The van der Waals surface area contributed by atoms with Crippen LogP contribution in [0.25, 0.3) is 0 Å². The van der Waals surface area contributed by atoms with Gasteiger partial charge in [0.05, 0.1) is 17.5 Å². The van der Waals surface area contributed by atoms with Crippen LogP contribution in [0.15, 0.2) is 42.6 Å². The standard InChI is InChI=1S/C16H19N3O/c1-12(20)13-6-5-9-17-16(13)19-11-10-18(2)14-7-3-4-8-15(14)19/h3-9,12,20H,10-11H2,1-2H3. The number of fused-ring (bicyclic) bond motifs is 1. The van der Waals surface area contributed by atoms with E-state index >= 15 is 0 Å². The van der Waals surface area contributed by atoms with Gasteiger partial charge in [-0.1, -0.05) is 18.2 Å². The first-order valence-corrected chi connectivity index (χ1v) is 6.89. The van der Waals surface area contributed by atoms with Gasteiger partial charge in [0.2, 0.25) is 0 Å². The second-order valence-electron chi connectivity index (χ2n) is 5.15.